The Morgan fingerprint density at radius 2 is 1.92 bits per heavy atom. The second-order valence-corrected chi connectivity index (χ2v) is 16.1. The average molecular weight is 721 g/mol. The molecule has 3 aromatic rings. The van der Waals surface area contributed by atoms with Gasteiger partial charge in [0.25, 0.3) is 0 Å². The molecule has 5 heteroatoms. The number of aryl methyl sites for hydroxylation is 1. The van der Waals surface area contributed by atoms with Gasteiger partial charge in [0.05, 0.1) is 0 Å². The van der Waals surface area contributed by atoms with Gasteiger partial charge in [-0.2, -0.15) is 0 Å². The van der Waals surface area contributed by atoms with Crippen molar-refractivity contribution < 1.29 is 0 Å². The molecule has 0 aliphatic heterocycles. The zero-order valence-corrected chi connectivity index (χ0v) is 33.5. The highest BCUT2D eigenvalue weighted by Gasteiger charge is 2.39. The molecule has 2 N–H and O–H groups in total. The van der Waals surface area contributed by atoms with Crippen molar-refractivity contribution in [2.75, 3.05) is 6.54 Å². The third kappa shape index (κ3) is 8.16. The van der Waals surface area contributed by atoms with Crippen LogP contribution in [0.4, 0.5) is 0 Å². The van der Waals surface area contributed by atoms with Crippen LogP contribution < -0.4 is 5.32 Å². The zero-order valence-electron chi connectivity index (χ0n) is 32.7. The van der Waals surface area contributed by atoms with Gasteiger partial charge in [0, 0.05) is 50.8 Å². The minimum atomic E-state index is -0.437. The Balaban J connectivity index is 1.24. The van der Waals surface area contributed by atoms with Gasteiger partial charge in [-0.05, 0) is 116 Å². The fraction of sp³-hybridized carbons (Fsp3) is 0.354. The van der Waals surface area contributed by atoms with Crippen LogP contribution in [0.15, 0.2) is 123 Å². The molecule has 2 aromatic carbocycles. The van der Waals surface area contributed by atoms with Crippen molar-refractivity contribution in [2.24, 2.45) is 21.3 Å². The van der Waals surface area contributed by atoms with Crippen LogP contribution in [0.1, 0.15) is 114 Å². The fourth-order valence-electron chi connectivity index (χ4n) is 8.33. The Bertz CT molecular complexity index is 2120. The molecular formula is C48H56N4S. The van der Waals surface area contributed by atoms with Crippen molar-refractivity contribution in [1.29, 1.82) is 5.41 Å². The monoisotopic (exact) mass is 720 g/mol. The molecule has 0 saturated heterocycles. The van der Waals surface area contributed by atoms with Crippen molar-refractivity contribution in [3.8, 4) is 0 Å². The minimum Gasteiger partial charge on any atom is -0.345 e. The summed E-state index contributed by atoms with van der Waals surface area (Å²) in [7, 11) is 0. The largest absolute Gasteiger partial charge is 0.345 e. The van der Waals surface area contributed by atoms with E-state index in [1.165, 1.54) is 54.8 Å². The van der Waals surface area contributed by atoms with E-state index in [0.717, 1.165) is 55.3 Å². The number of rotatable bonds is 13. The van der Waals surface area contributed by atoms with E-state index in [-0.39, 0.29) is 5.41 Å². The van der Waals surface area contributed by atoms with Crippen LogP contribution in [-0.2, 0) is 6.42 Å². The first-order valence-corrected chi connectivity index (χ1v) is 20.3. The third-order valence-corrected chi connectivity index (χ3v) is 12.3. The minimum absolute atomic E-state index is 0.0953. The fourth-order valence-corrected chi connectivity index (χ4v) is 9.63. The molecule has 1 heterocycles. The number of nitrogens with zero attached hydrogens (tertiary/aromatic N) is 2. The van der Waals surface area contributed by atoms with E-state index in [1.807, 2.05) is 36.8 Å². The van der Waals surface area contributed by atoms with E-state index in [9.17, 15) is 5.41 Å². The maximum Gasteiger partial charge on any atom is 0.146 e. The van der Waals surface area contributed by atoms with E-state index in [2.05, 4.69) is 132 Å². The number of allylic oxidation sites excluding steroid dienone is 11. The summed E-state index contributed by atoms with van der Waals surface area (Å²) in [4.78, 5) is 11.3. The van der Waals surface area contributed by atoms with Crippen LogP contribution in [0.25, 0.3) is 21.7 Å². The number of aliphatic imine (C=N–C) groups is 2. The van der Waals surface area contributed by atoms with E-state index < -0.39 is 6.17 Å². The second-order valence-electron chi connectivity index (χ2n) is 15.0. The Morgan fingerprint density at radius 3 is 2.64 bits per heavy atom. The summed E-state index contributed by atoms with van der Waals surface area (Å²) in [5.41, 5.74) is 13.1. The highest BCUT2D eigenvalue weighted by Crippen LogP contribution is 2.53. The summed E-state index contributed by atoms with van der Waals surface area (Å²) in [5.74, 6) is 0.734. The van der Waals surface area contributed by atoms with Gasteiger partial charge in [-0.15, -0.1) is 11.3 Å². The number of fused-ring (bicyclic) bond motifs is 1. The van der Waals surface area contributed by atoms with Crippen molar-refractivity contribution in [1.82, 2.24) is 5.32 Å². The molecular weight excluding hydrogens is 665 g/mol. The first-order chi connectivity index (χ1) is 25.7. The van der Waals surface area contributed by atoms with E-state index >= 15 is 0 Å². The van der Waals surface area contributed by atoms with Gasteiger partial charge < -0.3 is 5.32 Å². The smallest absolute Gasteiger partial charge is 0.146 e. The molecule has 0 spiro atoms. The van der Waals surface area contributed by atoms with Gasteiger partial charge in [-0.3, -0.25) is 15.4 Å². The first-order valence-electron chi connectivity index (χ1n) is 19.5. The van der Waals surface area contributed by atoms with Gasteiger partial charge in [0.1, 0.15) is 12.0 Å². The van der Waals surface area contributed by atoms with Gasteiger partial charge in [0.2, 0.25) is 0 Å². The average Bonchev–Trinajstić information content (AvgIpc) is 3.63. The first kappa shape index (κ1) is 38.1. The third-order valence-electron chi connectivity index (χ3n) is 11.1. The molecule has 0 radical (unpaired) electrons. The lowest BCUT2D eigenvalue weighted by molar-refractivity contribution is 0.523. The molecule has 274 valence electrons. The molecule has 3 aliphatic carbocycles. The predicted octanol–water partition coefficient (Wildman–Crippen LogP) is 13.0. The molecule has 6 rings (SSSR count). The second kappa shape index (κ2) is 17.0. The molecule has 0 saturated carbocycles. The van der Waals surface area contributed by atoms with Gasteiger partial charge in [0.15, 0.2) is 0 Å². The summed E-state index contributed by atoms with van der Waals surface area (Å²) in [6.45, 7) is 16.4. The molecule has 2 unspecified atom stereocenters. The molecule has 0 amide bonds. The van der Waals surface area contributed by atoms with Crippen molar-refractivity contribution >= 4 is 51.3 Å². The molecule has 2 atom stereocenters. The Hall–Kier alpha value is -4.61. The summed E-state index contributed by atoms with van der Waals surface area (Å²) in [6, 6.07) is 15.2. The molecule has 3 aliphatic rings. The van der Waals surface area contributed by atoms with Gasteiger partial charge in [-0.1, -0.05) is 113 Å². The van der Waals surface area contributed by atoms with Gasteiger partial charge >= 0.3 is 0 Å². The predicted molar refractivity (Wildman–Crippen MR) is 233 cm³/mol. The quantitative estimate of drug-likeness (QED) is 0.134. The maximum absolute atomic E-state index is 9.18. The number of nitrogens with one attached hydrogen (secondary N) is 2. The van der Waals surface area contributed by atoms with Crippen LogP contribution in [0, 0.1) is 16.7 Å². The zero-order chi connectivity index (χ0) is 37.5. The molecule has 1 aromatic heterocycles. The number of hydrogen-bond donors (Lipinski definition) is 2. The lowest BCUT2D eigenvalue weighted by Crippen LogP contribution is -2.28. The highest BCUT2D eigenvalue weighted by atomic mass is 32.1. The Morgan fingerprint density at radius 1 is 1.11 bits per heavy atom. The van der Waals surface area contributed by atoms with E-state index in [0.29, 0.717) is 11.8 Å². The normalized spacial score (nSPS) is 19.3. The van der Waals surface area contributed by atoms with E-state index in [1.54, 1.807) is 5.57 Å². The highest BCUT2D eigenvalue weighted by molar-refractivity contribution is 7.20. The summed E-state index contributed by atoms with van der Waals surface area (Å²) in [5, 5.41) is 13.9. The molecule has 4 nitrogen and oxygen atoms in total. The SMILES string of the molecule is C/C=C\c1sc2cccc(C(/N=C/c3ccc(C4=CC=CCC4)cc3)NC(=N)/C(C)=C/C=N\CC3CC=CC4=C3C(C)=C(CCC)C4(C)C)c2c1CC. The van der Waals surface area contributed by atoms with E-state index in [4.69, 9.17) is 9.98 Å². The van der Waals surface area contributed by atoms with Crippen molar-refractivity contribution in [3.05, 3.63) is 140 Å². The number of amidine groups is 1. The summed E-state index contributed by atoms with van der Waals surface area (Å²) in [6.07, 6.45) is 27.4. The maximum atomic E-state index is 9.18. The molecule has 0 fully saturated rings. The topological polar surface area (TPSA) is 60.6 Å². The Labute approximate surface area is 321 Å². The van der Waals surface area contributed by atoms with Crippen LogP contribution >= 0.6 is 11.3 Å². The van der Waals surface area contributed by atoms with Gasteiger partial charge in [-0.25, -0.2) is 0 Å². The van der Waals surface area contributed by atoms with Crippen LogP contribution in [-0.4, -0.2) is 24.8 Å². The standard InChI is InChI=1S/C48H56N4S/c1-8-16-40-33(5)44-37(20-14-22-41(44)48(40,6)7)31-50-29-28-32(4)46(49)52-47(39-21-15-23-43-45(39)38(10-3)42(53-43)17-9-2)51-30-34-24-26-36(27-25-34)35-18-12-11-13-19-35/h9,11-12,14-15,17-18,21-30,37,47H,8,10,13,16,19-20,31H2,1-7H3,(H2,49,52)/b17-9-,32-28+,50-29-,51-30+. The number of hydrogen-bond acceptors (Lipinski definition) is 4. The lowest BCUT2D eigenvalue weighted by atomic mass is 9.76. The van der Waals surface area contributed by atoms with Crippen molar-refractivity contribution in [2.45, 2.75) is 93.2 Å². The Kier molecular flexibility index (Phi) is 12.2. The van der Waals surface area contributed by atoms with Crippen LogP contribution in [0.2, 0.25) is 0 Å². The molecule has 53 heavy (non-hydrogen) atoms. The lowest BCUT2D eigenvalue weighted by Gasteiger charge is -2.28. The summed E-state index contributed by atoms with van der Waals surface area (Å²) < 4.78 is 1.24. The number of thiophene rings is 1. The van der Waals surface area contributed by atoms with Crippen LogP contribution in [0.3, 0.4) is 0 Å². The molecule has 0 bridgehead atoms. The van der Waals surface area contributed by atoms with Crippen molar-refractivity contribution in [3.63, 3.8) is 0 Å². The van der Waals surface area contributed by atoms with Crippen LogP contribution in [0.5, 0.6) is 0 Å². The number of benzene rings is 2. The summed E-state index contributed by atoms with van der Waals surface area (Å²) >= 11 is 1.82.